The van der Waals surface area contributed by atoms with Crippen molar-refractivity contribution in [1.29, 1.82) is 0 Å². The van der Waals surface area contributed by atoms with Crippen LogP contribution in [-0.2, 0) is 6.54 Å². The molecule has 4 rings (SSSR count). The molecular formula is C19H17N5O4S2. The first-order valence-corrected chi connectivity index (χ1v) is 10.8. The van der Waals surface area contributed by atoms with Gasteiger partial charge in [-0.15, -0.1) is 0 Å². The Hall–Kier alpha value is -3.31. The third kappa shape index (κ3) is 4.02. The van der Waals surface area contributed by atoms with E-state index < -0.39 is 4.92 Å². The Bertz CT molecular complexity index is 1180. The minimum absolute atomic E-state index is 0.0756. The SMILES string of the molecule is CCOc1cccc2sc(N(CCn3cccn3)C(=O)c3ccc([N+](=O)[O-])s3)nc12. The first kappa shape index (κ1) is 20.0. The number of hydrogen-bond acceptors (Lipinski definition) is 8. The maximum atomic E-state index is 13.2. The van der Waals surface area contributed by atoms with Gasteiger partial charge in [0.05, 0.1) is 27.7 Å². The first-order chi connectivity index (χ1) is 14.6. The van der Waals surface area contributed by atoms with Crippen LogP contribution >= 0.6 is 22.7 Å². The predicted molar refractivity (Wildman–Crippen MR) is 116 cm³/mol. The molecule has 0 aliphatic carbocycles. The number of anilines is 1. The van der Waals surface area contributed by atoms with Gasteiger partial charge in [0.15, 0.2) is 5.13 Å². The van der Waals surface area contributed by atoms with Crippen molar-refractivity contribution in [3.63, 3.8) is 0 Å². The lowest BCUT2D eigenvalue weighted by atomic mass is 10.3. The number of ether oxygens (including phenoxy) is 1. The van der Waals surface area contributed by atoms with Crippen molar-refractivity contribution >= 4 is 48.9 Å². The molecule has 0 bridgehead atoms. The molecule has 0 unspecified atom stereocenters. The summed E-state index contributed by atoms with van der Waals surface area (Å²) in [5.74, 6) is 0.320. The van der Waals surface area contributed by atoms with Crippen molar-refractivity contribution in [2.75, 3.05) is 18.1 Å². The molecule has 0 aliphatic heterocycles. The molecule has 9 nitrogen and oxygen atoms in total. The molecule has 0 saturated carbocycles. The molecule has 154 valence electrons. The van der Waals surface area contributed by atoms with Gasteiger partial charge in [-0.1, -0.05) is 28.7 Å². The molecular weight excluding hydrogens is 426 g/mol. The van der Waals surface area contributed by atoms with E-state index in [1.54, 1.807) is 16.9 Å². The van der Waals surface area contributed by atoms with Gasteiger partial charge in [0.25, 0.3) is 5.91 Å². The standard InChI is InChI=1S/C19H17N5O4S2/c1-2-28-13-5-3-6-14-17(13)21-19(30-14)23(12-11-22-10-4-9-20-22)18(25)15-7-8-16(29-15)24(26)27/h3-10H,2,11-12H2,1H3. The van der Waals surface area contributed by atoms with Gasteiger partial charge in [-0.2, -0.15) is 5.10 Å². The van der Waals surface area contributed by atoms with Crippen LogP contribution in [0.15, 0.2) is 48.8 Å². The fourth-order valence-corrected chi connectivity index (χ4v) is 4.67. The molecule has 0 N–H and O–H groups in total. The Kier molecular flexibility index (Phi) is 5.72. The number of amides is 1. The molecule has 11 heteroatoms. The number of para-hydroxylation sites is 1. The van der Waals surface area contributed by atoms with E-state index in [4.69, 9.17) is 4.74 Å². The quantitative estimate of drug-likeness (QED) is 0.298. The van der Waals surface area contributed by atoms with Crippen LogP contribution in [0.3, 0.4) is 0 Å². The van der Waals surface area contributed by atoms with E-state index in [0.29, 0.717) is 36.1 Å². The Morgan fingerprint density at radius 3 is 2.83 bits per heavy atom. The van der Waals surface area contributed by atoms with E-state index in [9.17, 15) is 14.9 Å². The highest BCUT2D eigenvalue weighted by molar-refractivity contribution is 7.22. The second-order valence-electron chi connectivity index (χ2n) is 6.15. The Balaban J connectivity index is 1.70. The molecule has 0 saturated heterocycles. The van der Waals surface area contributed by atoms with Crippen molar-refractivity contribution in [3.05, 3.63) is 63.8 Å². The van der Waals surface area contributed by atoms with Crippen LogP contribution in [0.5, 0.6) is 5.75 Å². The molecule has 3 aromatic heterocycles. The third-order valence-corrected chi connectivity index (χ3v) is 6.31. The third-order valence-electron chi connectivity index (χ3n) is 4.24. The molecule has 1 aromatic carbocycles. The normalized spacial score (nSPS) is 11.0. The number of carbonyl (C=O) groups excluding carboxylic acids is 1. The van der Waals surface area contributed by atoms with Crippen LogP contribution in [0.4, 0.5) is 10.1 Å². The fourth-order valence-electron chi connectivity index (χ4n) is 2.89. The Morgan fingerprint density at radius 2 is 2.13 bits per heavy atom. The molecule has 0 atom stereocenters. The van der Waals surface area contributed by atoms with Crippen molar-refractivity contribution in [1.82, 2.24) is 14.8 Å². The number of nitrogens with zero attached hydrogens (tertiary/aromatic N) is 5. The van der Waals surface area contributed by atoms with E-state index in [1.807, 2.05) is 31.3 Å². The van der Waals surface area contributed by atoms with Gasteiger partial charge in [-0.25, -0.2) is 4.98 Å². The van der Waals surface area contributed by atoms with Gasteiger partial charge in [0.1, 0.15) is 11.3 Å². The molecule has 0 radical (unpaired) electrons. The highest BCUT2D eigenvalue weighted by Gasteiger charge is 2.25. The summed E-state index contributed by atoms with van der Waals surface area (Å²) in [6.07, 6.45) is 3.48. The lowest BCUT2D eigenvalue weighted by Crippen LogP contribution is -2.33. The van der Waals surface area contributed by atoms with Gasteiger partial charge in [-0.3, -0.25) is 24.5 Å². The van der Waals surface area contributed by atoms with Crippen LogP contribution in [-0.4, -0.2) is 38.7 Å². The summed E-state index contributed by atoms with van der Waals surface area (Å²) >= 11 is 2.23. The monoisotopic (exact) mass is 443 g/mol. The maximum absolute atomic E-state index is 13.2. The summed E-state index contributed by atoms with van der Waals surface area (Å²) < 4.78 is 8.27. The minimum Gasteiger partial charge on any atom is -0.492 e. The molecule has 30 heavy (non-hydrogen) atoms. The van der Waals surface area contributed by atoms with E-state index in [-0.39, 0.29) is 15.8 Å². The Labute approximate surface area is 179 Å². The second kappa shape index (κ2) is 8.59. The summed E-state index contributed by atoms with van der Waals surface area (Å²) in [6, 6.07) is 10.3. The largest absolute Gasteiger partial charge is 0.492 e. The molecule has 4 aromatic rings. The number of hydrogen-bond donors (Lipinski definition) is 0. The van der Waals surface area contributed by atoms with Gasteiger partial charge in [0, 0.05) is 25.0 Å². The molecule has 0 spiro atoms. The zero-order valence-electron chi connectivity index (χ0n) is 15.9. The second-order valence-corrected chi connectivity index (χ2v) is 8.22. The number of rotatable bonds is 8. The summed E-state index contributed by atoms with van der Waals surface area (Å²) in [5.41, 5.74) is 0.688. The number of nitro groups is 1. The number of aromatic nitrogens is 3. The Morgan fingerprint density at radius 1 is 1.27 bits per heavy atom. The molecule has 0 fully saturated rings. The molecule has 3 heterocycles. The van der Waals surface area contributed by atoms with Crippen LogP contribution in [0.25, 0.3) is 10.2 Å². The van der Waals surface area contributed by atoms with Gasteiger partial charge in [0.2, 0.25) is 0 Å². The fraction of sp³-hybridized carbons (Fsp3) is 0.211. The number of thiazole rings is 1. The van der Waals surface area contributed by atoms with E-state index in [2.05, 4.69) is 10.1 Å². The van der Waals surface area contributed by atoms with Crippen LogP contribution in [0.1, 0.15) is 16.6 Å². The molecule has 1 amide bonds. The van der Waals surface area contributed by atoms with Crippen molar-refractivity contribution < 1.29 is 14.5 Å². The zero-order chi connectivity index (χ0) is 21.1. The number of fused-ring (bicyclic) bond motifs is 1. The summed E-state index contributed by atoms with van der Waals surface area (Å²) in [7, 11) is 0. The minimum atomic E-state index is -0.498. The van der Waals surface area contributed by atoms with E-state index >= 15 is 0 Å². The van der Waals surface area contributed by atoms with Crippen molar-refractivity contribution in [2.45, 2.75) is 13.5 Å². The average Bonchev–Trinajstić information content (AvgIpc) is 3.48. The van der Waals surface area contributed by atoms with E-state index in [1.165, 1.54) is 28.4 Å². The smallest absolute Gasteiger partial charge is 0.324 e. The van der Waals surface area contributed by atoms with Crippen molar-refractivity contribution in [3.8, 4) is 5.75 Å². The van der Waals surface area contributed by atoms with Gasteiger partial charge >= 0.3 is 5.00 Å². The number of thiophene rings is 1. The highest BCUT2D eigenvalue weighted by Crippen LogP contribution is 2.35. The average molecular weight is 444 g/mol. The molecule has 0 aliphatic rings. The van der Waals surface area contributed by atoms with Crippen LogP contribution in [0.2, 0.25) is 0 Å². The van der Waals surface area contributed by atoms with E-state index in [0.717, 1.165) is 16.0 Å². The lowest BCUT2D eigenvalue weighted by Gasteiger charge is -2.19. The van der Waals surface area contributed by atoms with Crippen LogP contribution in [0, 0.1) is 10.1 Å². The van der Waals surface area contributed by atoms with Crippen molar-refractivity contribution in [2.24, 2.45) is 0 Å². The topological polar surface area (TPSA) is 103 Å². The van der Waals surface area contributed by atoms with Gasteiger partial charge < -0.3 is 4.74 Å². The summed E-state index contributed by atoms with van der Waals surface area (Å²) in [6.45, 7) is 3.18. The zero-order valence-corrected chi connectivity index (χ0v) is 17.6. The first-order valence-electron chi connectivity index (χ1n) is 9.12. The lowest BCUT2D eigenvalue weighted by molar-refractivity contribution is -0.380. The summed E-state index contributed by atoms with van der Waals surface area (Å²) in [4.78, 5) is 30.3. The van der Waals surface area contributed by atoms with Crippen LogP contribution < -0.4 is 9.64 Å². The summed E-state index contributed by atoms with van der Waals surface area (Å²) in [5, 5.41) is 15.6. The highest BCUT2D eigenvalue weighted by atomic mass is 32.1. The van der Waals surface area contributed by atoms with Gasteiger partial charge in [-0.05, 0) is 31.2 Å². The number of carbonyl (C=O) groups is 1. The number of benzene rings is 1. The predicted octanol–water partition coefficient (Wildman–Crippen LogP) is 4.21. The maximum Gasteiger partial charge on any atom is 0.324 e.